The number of aryl methyl sites for hydroxylation is 2. The van der Waals surface area contributed by atoms with Crippen LogP contribution in [0.15, 0.2) is 34.7 Å². The molecule has 1 heterocycles. The SMILES string of the molecule is CCNCc1cc(CN(C)Cc2ccccc2C)c(C)o1. The van der Waals surface area contributed by atoms with Gasteiger partial charge in [-0.05, 0) is 44.6 Å². The Bertz CT molecular complexity index is 574. The number of hydrogen-bond donors (Lipinski definition) is 1. The Labute approximate surface area is 128 Å². The van der Waals surface area contributed by atoms with E-state index in [-0.39, 0.29) is 0 Å². The molecule has 0 atom stereocenters. The summed E-state index contributed by atoms with van der Waals surface area (Å²) < 4.78 is 5.80. The second-order valence-electron chi connectivity index (χ2n) is 5.67. The Morgan fingerprint density at radius 1 is 1.10 bits per heavy atom. The quantitative estimate of drug-likeness (QED) is 0.842. The maximum Gasteiger partial charge on any atom is 0.118 e. The van der Waals surface area contributed by atoms with E-state index in [1.165, 1.54) is 16.7 Å². The third kappa shape index (κ3) is 4.45. The smallest absolute Gasteiger partial charge is 0.118 e. The number of nitrogens with zero attached hydrogens (tertiary/aromatic N) is 1. The largest absolute Gasteiger partial charge is 0.465 e. The van der Waals surface area contributed by atoms with E-state index in [9.17, 15) is 0 Å². The van der Waals surface area contributed by atoms with Gasteiger partial charge in [0.15, 0.2) is 0 Å². The summed E-state index contributed by atoms with van der Waals surface area (Å²) in [4.78, 5) is 2.33. The van der Waals surface area contributed by atoms with Crippen molar-refractivity contribution in [3.8, 4) is 0 Å². The summed E-state index contributed by atoms with van der Waals surface area (Å²) in [7, 11) is 2.16. The van der Waals surface area contributed by atoms with E-state index < -0.39 is 0 Å². The second-order valence-corrected chi connectivity index (χ2v) is 5.67. The molecule has 2 rings (SSSR count). The molecule has 3 nitrogen and oxygen atoms in total. The van der Waals surface area contributed by atoms with Crippen molar-refractivity contribution < 1.29 is 4.42 Å². The monoisotopic (exact) mass is 286 g/mol. The molecule has 21 heavy (non-hydrogen) atoms. The molecule has 1 N–H and O–H groups in total. The molecular weight excluding hydrogens is 260 g/mol. The fraction of sp³-hybridized carbons (Fsp3) is 0.444. The molecule has 1 aromatic heterocycles. The topological polar surface area (TPSA) is 28.4 Å². The van der Waals surface area contributed by atoms with Gasteiger partial charge in [-0.25, -0.2) is 0 Å². The summed E-state index contributed by atoms with van der Waals surface area (Å²) in [5, 5.41) is 3.30. The molecule has 0 bridgehead atoms. The van der Waals surface area contributed by atoms with Crippen molar-refractivity contribution in [3.05, 3.63) is 58.5 Å². The Morgan fingerprint density at radius 2 is 1.81 bits per heavy atom. The van der Waals surface area contributed by atoms with Gasteiger partial charge in [0.25, 0.3) is 0 Å². The van der Waals surface area contributed by atoms with Crippen LogP contribution in [0.3, 0.4) is 0 Å². The number of nitrogens with one attached hydrogen (secondary N) is 1. The summed E-state index contributed by atoms with van der Waals surface area (Å²) in [6.07, 6.45) is 0. The summed E-state index contributed by atoms with van der Waals surface area (Å²) in [6.45, 7) is 9.95. The average Bonchev–Trinajstić information content (AvgIpc) is 2.79. The zero-order chi connectivity index (χ0) is 15.2. The van der Waals surface area contributed by atoms with E-state index in [0.717, 1.165) is 37.7 Å². The first-order valence-corrected chi connectivity index (χ1v) is 7.62. The third-order valence-electron chi connectivity index (χ3n) is 3.76. The molecule has 0 radical (unpaired) electrons. The van der Waals surface area contributed by atoms with Crippen LogP contribution < -0.4 is 5.32 Å². The zero-order valence-electron chi connectivity index (χ0n) is 13.6. The van der Waals surface area contributed by atoms with Crippen LogP contribution in [0.2, 0.25) is 0 Å². The lowest BCUT2D eigenvalue weighted by Crippen LogP contribution is -2.18. The lowest BCUT2D eigenvalue weighted by atomic mass is 10.1. The minimum absolute atomic E-state index is 0.804. The highest BCUT2D eigenvalue weighted by atomic mass is 16.3. The molecule has 0 fully saturated rings. The van der Waals surface area contributed by atoms with Crippen molar-refractivity contribution in [2.75, 3.05) is 13.6 Å². The maximum atomic E-state index is 5.80. The molecule has 114 valence electrons. The number of rotatable bonds is 7. The van der Waals surface area contributed by atoms with Gasteiger partial charge in [0.2, 0.25) is 0 Å². The molecule has 1 aromatic carbocycles. The van der Waals surface area contributed by atoms with Crippen molar-refractivity contribution in [3.63, 3.8) is 0 Å². The van der Waals surface area contributed by atoms with E-state index in [1.807, 2.05) is 6.92 Å². The molecule has 0 aliphatic carbocycles. The summed E-state index contributed by atoms with van der Waals surface area (Å²) in [5.41, 5.74) is 4.01. The predicted molar refractivity (Wildman–Crippen MR) is 87.2 cm³/mol. The summed E-state index contributed by atoms with van der Waals surface area (Å²) in [5.74, 6) is 2.05. The van der Waals surface area contributed by atoms with E-state index >= 15 is 0 Å². The lowest BCUT2D eigenvalue weighted by Gasteiger charge is -2.17. The Balaban J connectivity index is 1.98. The normalized spacial score (nSPS) is 11.3. The second kappa shape index (κ2) is 7.43. The van der Waals surface area contributed by atoms with Crippen LogP contribution in [0.5, 0.6) is 0 Å². The van der Waals surface area contributed by atoms with Gasteiger partial charge in [-0.3, -0.25) is 4.90 Å². The first-order valence-electron chi connectivity index (χ1n) is 7.62. The third-order valence-corrected chi connectivity index (χ3v) is 3.76. The number of benzene rings is 1. The summed E-state index contributed by atoms with van der Waals surface area (Å²) in [6, 6.07) is 10.7. The maximum absolute atomic E-state index is 5.80. The van der Waals surface area contributed by atoms with Gasteiger partial charge < -0.3 is 9.73 Å². The zero-order valence-corrected chi connectivity index (χ0v) is 13.6. The van der Waals surface area contributed by atoms with Crippen molar-refractivity contribution in [1.29, 1.82) is 0 Å². The molecular formula is C18H26N2O. The van der Waals surface area contributed by atoms with Crippen molar-refractivity contribution in [2.45, 2.75) is 40.4 Å². The lowest BCUT2D eigenvalue weighted by molar-refractivity contribution is 0.315. The van der Waals surface area contributed by atoms with E-state index in [4.69, 9.17) is 4.42 Å². The highest BCUT2D eigenvalue weighted by molar-refractivity contribution is 5.26. The van der Waals surface area contributed by atoms with Gasteiger partial charge >= 0.3 is 0 Å². The Hall–Kier alpha value is -1.58. The molecule has 0 aliphatic rings. The van der Waals surface area contributed by atoms with Crippen LogP contribution in [0.4, 0.5) is 0 Å². The van der Waals surface area contributed by atoms with Gasteiger partial charge in [0.05, 0.1) is 6.54 Å². The van der Waals surface area contributed by atoms with Gasteiger partial charge in [0, 0.05) is 18.7 Å². The van der Waals surface area contributed by atoms with Crippen molar-refractivity contribution in [2.24, 2.45) is 0 Å². The van der Waals surface area contributed by atoms with Crippen molar-refractivity contribution >= 4 is 0 Å². The van der Waals surface area contributed by atoms with E-state index in [2.05, 4.69) is 61.4 Å². The standard InChI is InChI=1S/C18H26N2O/c1-5-19-11-18-10-17(15(3)21-18)13-20(4)12-16-9-7-6-8-14(16)2/h6-10,19H,5,11-13H2,1-4H3. The van der Waals surface area contributed by atoms with Crippen LogP contribution in [-0.2, 0) is 19.6 Å². The molecule has 0 saturated carbocycles. The first kappa shape index (κ1) is 15.8. The van der Waals surface area contributed by atoms with Gasteiger partial charge in [-0.2, -0.15) is 0 Å². The fourth-order valence-corrected chi connectivity index (χ4v) is 2.50. The number of hydrogen-bond acceptors (Lipinski definition) is 3. The van der Waals surface area contributed by atoms with Gasteiger partial charge in [-0.1, -0.05) is 31.2 Å². The molecule has 3 heteroatoms. The van der Waals surface area contributed by atoms with Gasteiger partial charge in [0.1, 0.15) is 11.5 Å². The number of furan rings is 1. The molecule has 0 saturated heterocycles. The average molecular weight is 286 g/mol. The first-order chi connectivity index (χ1) is 10.1. The van der Waals surface area contributed by atoms with Crippen LogP contribution in [-0.4, -0.2) is 18.5 Å². The summed E-state index contributed by atoms with van der Waals surface area (Å²) >= 11 is 0. The highest BCUT2D eigenvalue weighted by Crippen LogP contribution is 2.18. The van der Waals surface area contributed by atoms with Gasteiger partial charge in [-0.15, -0.1) is 0 Å². The molecule has 0 amide bonds. The fourth-order valence-electron chi connectivity index (χ4n) is 2.50. The Kier molecular flexibility index (Phi) is 5.59. The Morgan fingerprint density at radius 3 is 2.52 bits per heavy atom. The minimum atomic E-state index is 0.804. The van der Waals surface area contributed by atoms with Crippen LogP contribution >= 0.6 is 0 Å². The highest BCUT2D eigenvalue weighted by Gasteiger charge is 2.10. The molecule has 0 aliphatic heterocycles. The molecule has 0 unspecified atom stereocenters. The van der Waals surface area contributed by atoms with Crippen molar-refractivity contribution in [1.82, 2.24) is 10.2 Å². The molecule has 0 spiro atoms. The molecule has 2 aromatic rings. The minimum Gasteiger partial charge on any atom is -0.465 e. The predicted octanol–water partition coefficient (Wildman–Crippen LogP) is 3.64. The van der Waals surface area contributed by atoms with E-state index in [1.54, 1.807) is 0 Å². The van der Waals surface area contributed by atoms with Crippen LogP contribution in [0.25, 0.3) is 0 Å². The van der Waals surface area contributed by atoms with Crippen LogP contribution in [0, 0.1) is 13.8 Å². The van der Waals surface area contributed by atoms with Crippen LogP contribution in [0.1, 0.15) is 35.1 Å². The van der Waals surface area contributed by atoms with E-state index in [0.29, 0.717) is 0 Å².